The monoisotopic (exact) mass is 270 g/mol. The zero-order valence-electron chi connectivity index (χ0n) is 11.5. The number of carbonyl (C=O) groups is 1. The van der Waals surface area contributed by atoms with Gasteiger partial charge in [-0.25, -0.2) is 9.78 Å². The van der Waals surface area contributed by atoms with Crippen molar-refractivity contribution in [3.63, 3.8) is 0 Å². The molecule has 20 heavy (non-hydrogen) atoms. The number of pyridine rings is 1. The molecule has 3 rings (SSSR count). The van der Waals surface area contributed by atoms with Crippen LogP contribution in [0.2, 0.25) is 0 Å². The molecule has 104 valence electrons. The van der Waals surface area contributed by atoms with Crippen molar-refractivity contribution < 1.29 is 9.90 Å². The first-order chi connectivity index (χ1) is 9.68. The fraction of sp³-hybridized carbons (Fsp3) is 0.375. The van der Waals surface area contributed by atoms with Crippen molar-refractivity contribution >= 4 is 22.6 Å². The number of hydrogen-bond donors (Lipinski definition) is 1. The van der Waals surface area contributed by atoms with E-state index in [-0.39, 0.29) is 5.56 Å². The number of rotatable bonds is 2. The van der Waals surface area contributed by atoms with Gasteiger partial charge < -0.3 is 10.0 Å². The standard InChI is InChI=1S/C16H18N2O2/c1-11-6-4-5-9-18(11)15-13-8-3-2-7-12(13)14(10-17-15)16(19)20/h2-3,7-8,10-11H,4-6,9H2,1H3,(H,19,20). The van der Waals surface area contributed by atoms with Crippen molar-refractivity contribution in [2.24, 2.45) is 0 Å². The van der Waals surface area contributed by atoms with Crippen LogP contribution in [0.5, 0.6) is 0 Å². The van der Waals surface area contributed by atoms with Gasteiger partial charge in [0, 0.05) is 29.6 Å². The number of carboxylic acids is 1. The van der Waals surface area contributed by atoms with Crippen molar-refractivity contribution in [2.45, 2.75) is 32.2 Å². The van der Waals surface area contributed by atoms with Crippen LogP contribution >= 0.6 is 0 Å². The first-order valence-electron chi connectivity index (χ1n) is 7.06. The van der Waals surface area contributed by atoms with Gasteiger partial charge in [-0.2, -0.15) is 0 Å². The van der Waals surface area contributed by atoms with E-state index in [1.165, 1.54) is 19.0 Å². The van der Waals surface area contributed by atoms with Crippen molar-refractivity contribution in [1.82, 2.24) is 4.98 Å². The minimum absolute atomic E-state index is 0.272. The Hall–Kier alpha value is -2.10. The Labute approximate surface area is 118 Å². The Kier molecular flexibility index (Phi) is 3.30. The number of aromatic nitrogens is 1. The summed E-state index contributed by atoms with van der Waals surface area (Å²) in [4.78, 5) is 18.1. The molecule has 0 spiro atoms. The molecule has 0 amide bonds. The third-order valence-corrected chi connectivity index (χ3v) is 4.08. The average molecular weight is 270 g/mol. The number of hydrogen-bond acceptors (Lipinski definition) is 3. The lowest BCUT2D eigenvalue weighted by Crippen LogP contribution is -2.38. The van der Waals surface area contributed by atoms with Crippen molar-refractivity contribution in [1.29, 1.82) is 0 Å². The maximum atomic E-state index is 11.3. The number of benzene rings is 1. The predicted octanol–water partition coefficient (Wildman–Crippen LogP) is 3.31. The predicted molar refractivity (Wildman–Crippen MR) is 79.4 cm³/mol. The van der Waals surface area contributed by atoms with Crippen molar-refractivity contribution in [2.75, 3.05) is 11.4 Å². The van der Waals surface area contributed by atoms with Crippen LogP contribution in [-0.2, 0) is 0 Å². The van der Waals surface area contributed by atoms with E-state index in [4.69, 9.17) is 0 Å². The molecule has 1 unspecified atom stereocenters. The zero-order valence-corrected chi connectivity index (χ0v) is 11.5. The van der Waals surface area contributed by atoms with Crippen LogP contribution in [0.4, 0.5) is 5.82 Å². The second-order valence-corrected chi connectivity index (χ2v) is 5.38. The molecule has 4 heteroatoms. The lowest BCUT2D eigenvalue weighted by atomic mass is 10.0. The Bertz CT molecular complexity index is 654. The summed E-state index contributed by atoms with van der Waals surface area (Å²) < 4.78 is 0. The first-order valence-corrected chi connectivity index (χ1v) is 7.06. The molecule has 1 aromatic heterocycles. The Balaban J connectivity index is 2.17. The summed E-state index contributed by atoms with van der Waals surface area (Å²) in [5.74, 6) is -0.00950. The van der Waals surface area contributed by atoms with Crippen LogP contribution in [0.15, 0.2) is 30.5 Å². The summed E-state index contributed by atoms with van der Waals surface area (Å²) in [7, 11) is 0. The van der Waals surface area contributed by atoms with Gasteiger partial charge in [-0.05, 0) is 26.2 Å². The lowest BCUT2D eigenvalue weighted by molar-refractivity contribution is 0.0698. The molecule has 0 aliphatic carbocycles. The fourth-order valence-corrected chi connectivity index (χ4v) is 2.99. The molecule has 1 aliphatic rings. The molecule has 0 bridgehead atoms. The third-order valence-electron chi connectivity index (χ3n) is 4.08. The maximum Gasteiger partial charge on any atom is 0.337 e. The highest BCUT2D eigenvalue weighted by molar-refractivity contribution is 6.06. The number of piperidine rings is 1. The molecule has 1 saturated heterocycles. The van der Waals surface area contributed by atoms with Gasteiger partial charge in [0.1, 0.15) is 5.82 Å². The van der Waals surface area contributed by atoms with Crippen molar-refractivity contribution in [3.8, 4) is 0 Å². The summed E-state index contributed by atoms with van der Waals surface area (Å²) in [6, 6.07) is 8.09. The summed E-state index contributed by atoms with van der Waals surface area (Å²) in [6.45, 7) is 3.20. The number of aromatic carboxylic acids is 1. The van der Waals surface area contributed by atoms with Crippen molar-refractivity contribution in [3.05, 3.63) is 36.0 Å². The highest BCUT2D eigenvalue weighted by Crippen LogP contribution is 2.31. The number of nitrogens with zero attached hydrogens (tertiary/aromatic N) is 2. The molecule has 4 nitrogen and oxygen atoms in total. The first kappa shape index (κ1) is 12.9. The van der Waals surface area contributed by atoms with Gasteiger partial charge in [-0.15, -0.1) is 0 Å². The molecular weight excluding hydrogens is 252 g/mol. The Morgan fingerprint density at radius 2 is 2.05 bits per heavy atom. The van der Waals surface area contributed by atoms with E-state index in [2.05, 4.69) is 16.8 Å². The molecular formula is C16H18N2O2. The minimum Gasteiger partial charge on any atom is -0.478 e. The minimum atomic E-state index is -0.924. The van der Waals surface area contributed by atoms with Crippen LogP contribution in [-0.4, -0.2) is 28.6 Å². The molecule has 1 N–H and O–H groups in total. The van der Waals surface area contributed by atoms with E-state index in [1.807, 2.05) is 24.3 Å². The lowest BCUT2D eigenvalue weighted by Gasteiger charge is -2.35. The Morgan fingerprint density at radius 3 is 2.75 bits per heavy atom. The molecule has 1 aliphatic heterocycles. The number of carboxylic acid groups (broad SMARTS) is 1. The highest BCUT2D eigenvalue weighted by atomic mass is 16.4. The van der Waals surface area contributed by atoms with E-state index in [0.29, 0.717) is 6.04 Å². The van der Waals surface area contributed by atoms with E-state index >= 15 is 0 Å². The molecule has 1 fully saturated rings. The van der Waals surface area contributed by atoms with Gasteiger partial charge in [-0.1, -0.05) is 24.3 Å². The number of fused-ring (bicyclic) bond motifs is 1. The van der Waals surface area contributed by atoms with Crippen LogP contribution in [0, 0.1) is 0 Å². The van der Waals surface area contributed by atoms with Gasteiger partial charge in [-0.3, -0.25) is 0 Å². The van der Waals surface area contributed by atoms with Gasteiger partial charge in [0.15, 0.2) is 0 Å². The SMILES string of the molecule is CC1CCCCN1c1ncc(C(=O)O)c2ccccc12. The van der Waals surface area contributed by atoms with Crippen LogP contribution in [0.25, 0.3) is 10.8 Å². The summed E-state index contributed by atoms with van der Waals surface area (Å²) in [5, 5.41) is 11.0. The topological polar surface area (TPSA) is 53.4 Å². The molecule has 0 radical (unpaired) electrons. The van der Waals surface area contributed by atoms with E-state index < -0.39 is 5.97 Å². The quantitative estimate of drug-likeness (QED) is 0.909. The molecule has 0 saturated carbocycles. The second-order valence-electron chi connectivity index (χ2n) is 5.38. The van der Waals surface area contributed by atoms with Gasteiger partial charge in [0.2, 0.25) is 0 Å². The van der Waals surface area contributed by atoms with Gasteiger partial charge in [0.05, 0.1) is 5.56 Å². The Morgan fingerprint density at radius 1 is 1.30 bits per heavy atom. The van der Waals surface area contributed by atoms with Crippen LogP contribution in [0.3, 0.4) is 0 Å². The highest BCUT2D eigenvalue weighted by Gasteiger charge is 2.22. The summed E-state index contributed by atoms with van der Waals surface area (Å²) in [5.41, 5.74) is 0.272. The average Bonchev–Trinajstić information content (AvgIpc) is 2.46. The zero-order chi connectivity index (χ0) is 14.1. The molecule has 2 aromatic rings. The molecule has 1 aromatic carbocycles. The third kappa shape index (κ3) is 2.11. The van der Waals surface area contributed by atoms with E-state index in [1.54, 1.807) is 0 Å². The maximum absolute atomic E-state index is 11.3. The smallest absolute Gasteiger partial charge is 0.337 e. The van der Waals surface area contributed by atoms with Gasteiger partial charge >= 0.3 is 5.97 Å². The molecule has 1 atom stereocenters. The van der Waals surface area contributed by atoms with Gasteiger partial charge in [0.25, 0.3) is 0 Å². The number of anilines is 1. The molecule has 2 heterocycles. The normalized spacial score (nSPS) is 19.2. The van der Waals surface area contributed by atoms with Crippen LogP contribution in [0.1, 0.15) is 36.5 Å². The second kappa shape index (κ2) is 5.12. The van der Waals surface area contributed by atoms with E-state index in [9.17, 15) is 9.90 Å². The largest absolute Gasteiger partial charge is 0.478 e. The summed E-state index contributed by atoms with van der Waals surface area (Å²) in [6.07, 6.45) is 5.07. The van der Waals surface area contributed by atoms with Crippen LogP contribution < -0.4 is 4.90 Å². The summed E-state index contributed by atoms with van der Waals surface area (Å²) >= 11 is 0. The fourth-order valence-electron chi connectivity index (χ4n) is 2.99. The van der Waals surface area contributed by atoms with E-state index in [0.717, 1.165) is 29.6 Å².